The topological polar surface area (TPSA) is 55.8 Å². The molecule has 0 saturated carbocycles. The van der Waals surface area contributed by atoms with E-state index in [1.165, 1.54) is 12.1 Å². The molecule has 1 atom stereocenters. The van der Waals surface area contributed by atoms with Gasteiger partial charge in [-0.05, 0) is 24.3 Å². The summed E-state index contributed by atoms with van der Waals surface area (Å²) < 4.78 is 10.0. The van der Waals surface area contributed by atoms with Crippen molar-refractivity contribution >= 4 is 5.97 Å². The van der Waals surface area contributed by atoms with Crippen LogP contribution >= 0.6 is 0 Å². The van der Waals surface area contributed by atoms with Crippen LogP contribution in [0.15, 0.2) is 36.9 Å². The molecule has 1 N–H and O–H groups in total. The van der Waals surface area contributed by atoms with Crippen molar-refractivity contribution in [1.82, 2.24) is 0 Å². The Labute approximate surface area is 87.7 Å². The molecule has 0 spiro atoms. The van der Waals surface area contributed by atoms with Gasteiger partial charge in [0.25, 0.3) is 0 Å². The lowest BCUT2D eigenvalue weighted by Crippen LogP contribution is -2.19. The summed E-state index contributed by atoms with van der Waals surface area (Å²) in [6, 6.07) is 6.12. The number of carbonyl (C=O) groups is 1. The Bertz CT molecular complexity index is 342. The molecule has 0 bridgehead atoms. The normalized spacial score (nSPS) is 11.5. The standard InChI is InChI=1S/C11H12O4/c1-3-11(13)15-8(2)14-10-6-4-9(12)5-7-10/h3-8,12H,1H2,2H3. The number of phenolic OH excluding ortho intramolecular Hbond substituents is 1. The van der Waals surface area contributed by atoms with Crippen molar-refractivity contribution in [3.8, 4) is 11.5 Å². The van der Waals surface area contributed by atoms with Crippen molar-refractivity contribution < 1.29 is 19.4 Å². The van der Waals surface area contributed by atoms with Crippen molar-refractivity contribution in [2.75, 3.05) is 0 Å². The Kier molecular flexibility index (Phi) is 3.74. The molecule has 0 aliphatic rings. The van der Waals surface area contributed by atoms with E-state index in [0.717, 1.165) is 6.08 Å². The van der Waals surface area contributed by atoms with E-state index in [4.69, 9.17) is 14.6 Å². The number of phenols is 1. The number of ether oxygens (including phenoxy) is 2. The second-order valence-corrected chi connectivity index (χ2v) is 2.82. The summed E-state index contributed by atoms with van der Waals surface area (Å²) in [5.74, 6) is 0.122. The molecule has 0 amide bonds. The number of esters is 1. The van der Waals surface area contributed by atoms with Crippen molar-refractivity contribution in [3.63, 3.8) is 0 Å². The minimum absolute atomic E-state index is 0.151. The molecular formula is C11H12O4. The van der Waals surface area contributed by atoms with Gasteiger partial charge >= 0.3 is 5.97 Å². The summed E-state index contributed by atoms with van der Waals surface area (Å²) in [6.45, 7) is 4.86. The van der Waals surface area contributed by atoms with E-state index in [1.54, 1.807) is 19.1 Å². The molecule has 1 unspecified atom stereocenters. The second-order valence-electron chi connectivity index (χ2n) is 2.82. The van der Waals surface area contributed by atoms with Gasteiger partial charge in [0.2, 0.25) is 6.29 Å². The van der Waals surface area contributed by atoms with Gasteiger partial charge in [0.05, 0.1) is 0 Å². The molecule has 0 aromatic heterocycles. The maximum Gasteiger partial charge on any atom is 0.333 e. The Hall–Kier alpha value is -1.97. The van der Waals surface area contributed by atoms with Gasteiger partial charge in [0.15, 0.2) is 0 Å². The molecule has 0 heterocycles. The first-order valence-corrected chi connectivity index (χ1v) is 4.40. The predicted octanol–water partition coefficient (Wildman–Crippen LogP) is 1.85. The Balaban J connectivity index is 2.51. The lowest BCUT2D eigenvalue weighted by atomic mass is 10.3. The monoisotopic (exact) mass is 208 g/mol. The molecule has 4 heteroatoms. The van der Waals surface area contributed by atoms with E-state index in [1.807, 2.05) is 0 Å². The molecule has 4 nitrogen and oxygen atoms in total. The molecule has 1 aromatic rings. The third-order valence-corrected chi connectivity index (χ3v) is 1.59. The lowest BCUT2D eigenvalue weighted by Gasteiger charge is -2.13. The van der Waals surface area contributed by atoms with E-state index < -0.39 is 12.3 Å². The average molecular weight is 208 g/mol. The van der Waals surface area contributed by atoms with Crippen LogP contribution in [0.3, 0.4) is 0 Å². The highest BCUT2D eigenvalue weighted by molar-refractivity contribution is 5.81. The third-order valence-electron chi connectivity index (χ3n) is 1.59. The molecule has 0 radical (unpaired) electrons. The van der Waals surface area contributed by atoms with Gasteiger partial charge in [-0.25, -0.2) is 4.79 Å². The van der Waals surface area contributed by atoms with Gasteiger partial charge in [0.1, 0.15) is 11.5 Å². The number of hydrogen-bond acceptors (Lipinski definition) is 4. The van der Waals surface area contributed by atoms with Gasteiger partial charge in [-0.1, -0.05) is 6.58 Å². The van der Waals surface area contributed by atoms with Crippen LogP contribution in [-0.2, 0) is 9.53 Å². The van der Waals surface area contributed by atoms with Gasteiger partial charge in [-0.15, -0.1) is 0 Å². The van der Waals surface area contributed by atoms with Crippen LogP contribution in [0.4, 0.5) is 0 Å². The van der Waals surface area contributed by atoms with Crippen molar-refractivity contribution in [2.24, 2.45) is 0 Å². The SMILES string of the molecule is C=CC(=O)OC(C)Oc1ccc(O)cc1. The smallest absolute Gasteiger partial charge is 0.333 e. The highest BCUT2D eigenvalue weighted by Gasteiger charge is 2.07. The molecule has 15 heavy (non-hydrogen) atoms. The Morgan fingerprint density at radius 3 is 2.60 bits per heavy atom. The summed E-state index contributed by atoms with van der Waals surface area (Å²) in [5.41, 5.74) is 0. The fourth-order valence-electron chi connectivity index (χ4n) is 0.952. The summed E-state index contributed by atoms with van der Waals surface area (Å²) in [5, 5.41) is 9.02. The molecule has 1 rings (SSSR count). The highest BCUT2D eigenvalue weighted by atomic mass is 16.7. The largest absolute Gasteiger partial charge is 0.508 e. The van der Waals surface area contributed by atoms with Crippen LogP contribution in [0, 0.1) is 0 Å². The van der Waals surface area contributed by atoms with Crippen molar-refractivity contribution in [1.29, 1.82) is 0 Å². The maximum atomic E-state index is 10.8. The molecule has 80 valence electrons. The molecule has 0 saturated heterocycles. The summed E-state index contributed by atoms with van der Waals surface area (Å²) >= 11 is 0. The fraction of sp³-hybridized carbons (Fsp3) is 0.182. The molecule has 0 fully saturated rings. The van der Waals surface area contributed by atoms with E-state index in [9.17, 15) is 4.79 Å². The predicted molar refractivity (Wildman–Crippen MR) is 54.5 cm³/mol. The first kappa shape index (κ1) is 11.1. The van der Waals surface area contributed by atoms with Crippen LogP contribution in [0.1, 0.15) is 6.92 Å². The summed E-state index contributed by atoms with van der Waals surface area (Å²) in [7, 11) is 0. The van der Waals surface area contributed by atoms with E-state index in [0.29, 0.717) is 5.75 Å². The average Bonchev–Trinajstić information content (AvgIpc) is 2.21. The molecule has 0 aliphatic heterocycles. The lowest BCUT2D eigenvalue weighted by molar-refractivity contribution is -0.154. The van der Waals surface area contributed by atoms with Crippen molar-refractivity contribution in [3.05, 3.63) is 36.9 Å². The van der Waals surface area contributed by atoms with Gasteiger partial charge in [-0.2, -0.15) is 0 Å². The quantitative estimate of drug-likeness (QED) is 0.466. The molecule has 1 aromatic carbocycles. The van der Waals surface area contributed by atoms with E-state index in [-0.39, 0.29) is 5.75 Å². The van der Waals surface area contributed by atoms with Crippen LogP contribution in [-0.4, -0.2) is 17.4 Å². The first-order valence-electron chi connectivity index (χ1n) is 4.40. The summed E-state index contributed by atoms with van der Waals surface area (Å²) in [6.07, 6.45) is 0.372. The number of aromatic hydroxyl groups is 1. The van der Waals surface area contributed by atoms with E-state index in [2.05, 4.69) is 6.58 Å². The van der Waals surface area contributed by atoms with Crippen molar-refractivity contribution in [2.45, 2.75) is 13.2 Å². The van der Waals surface area contributed by atoms with Crippen LogP contribution in [0.2, 0.25) is 0 Å². The zero-order valence-corrected chi connectivity index (χ0v) is 8.34. The summed E-state index contributed by atoms with van der Waals surface area (Å²) in [4.78, 5) is 10.8. The Morgan fingerprint density at radius 2 is 2.07 bits per heavy atom. The van der Waals surface area contributed by atoms with Gasteiger partial charge in [0, 0.05) is 13.0 Å². The van der Waals surface area contributed by atoms with Crippen LogP contribution in [0.5, 0.6) is 11.5 Å². The molecule has 0 aliphatic carbocycles. The number of benzene rings is 1. The number of rotatable bonds is 4. The minimum atomic E-state index is -0.694. The Morgan fingerprint density at radius 1 is 1.47 bits per heavy atom. The van der Waals surface area contributed by atoms with Gasteiger partial charge < -0.3 is 14.6 Å². The maximum absolute atomic E-state index is 10.8. The van der Waals surface area contributed by atoms with Crippen LogP contribution in [0.25, 0.3) is 0 Å². The zero-order valence-electron chi connectivity index (χ0n) is 8.34. The third kappa shape index (κ3) is 3.72. The number of hydrogen-bond donors (Lipinski definition) is 1. The first-order chi connectivity index (χ1) is 7.11. The van der Waals surface area contributed by atoms with E-state index >= 15 is 0 Å². The zero-order chi connectivity index (χ0) is 11.3. The highest BCUT2D eigenvalue weighted by Crippen LogP contribution is 2.17. The minimum Gasteiger partial charge on any atom is -0.508 e. The fourth-order valence-corrected chi connectivity index (χ4v) is 0.952. The van der Waals surface area contributed by atoms with Crippen LogP contribution < -0.4 is 4.74 Å². The van der Waals surface area contributed by atoms with Gasteiger partial charge in [-0.3, -0.25) is 0 Å². The molecular weight excluding hydrogens is 196 g/mol. The second kappa shape index (κ2) is 5.05. The number of carbonyl (C=O) groups excluding carboxylic acids is 1.